The van der Waals surface area contributed by atoms with Crippen LogP contribution in [0.3, 0.4) is 0 Å². The molecule has 2 atom stereocenters. The van der Waals surface area contributed by atoms with E-state index in [1.807, 2.05) is 0 Å². The Balaban J connectivity index is 1.65. The van der Waals surface area contributed by atoms with Gasteiger partial charge in [-0.3, -0.25) is 4.79 Å². The van der Waals surface area contributed by atoms with E-state index in [4.69, 9.17) is 16.6 Å². The minimum atomic E-state index is -0.475. The van der Waals surface area contributed by atoms with Gasteiger partial charge in [0.05, 0.1) is 12.2 Å². The van der Waals surface area contributed by atoms with E-state index in [0.29, 0.717) is 24.0 Å². The maximum atomic E-state index is 12.1. The maximum Gasteiger partial charge on any atom is 0.254 e. The summed E-state index contributed by atoms with van der Waals surface area (Å²) in [5.41, 5.74) is 15.8. The number of hydrogen-bond acceptors (Lipinski definition) is 4. The topological polar surface area (TPSA) is 99.0 Å². The van der Waals surface area contributed by atoms with Crippen LogP contribution in [-0.4, -0.2) is 28.3 Å². The quantitative estimate of drug-likeness (QED) is 0.787. The minimum Gasteiger partial charge on any atom is -0.383 e. The fourth-order valence-corrected chi connectivity index (χ4v) is 4.22. The summed E-state index contributed by atoms with van der Waals surface area (Å²) in [5, 5.41) is 8.19. The molecule has 25 heavy (non-hydrogen) atoms. The zero-order chi connectivity index (χ0) is 17.4. The summed E-state index contributed by atoms with van der Waals surface area (Å²) in [6.45, 7) is 1.72. The van der Waals surface area contributed by atoms with Crippen molar-refractivity contribution in [2.24, 2.45) is 5.73 Å². The van der Waals surface area contributed by atoms with Crippen LogP contribution in [0.25, 0.3) is 0 Å². The van der Waals surface area contributed by atoms with E-state index in [2.05, 4.69) is 29.6 Å². The van der Waals surface area contributed by atoms with Crippen LogP contribution in [0.1, 0.15) is 52.4 Å². The lowest BCUT2D eigenvalue weighted by atomic mass is 9.81. The number of fused-ring (bicyclic) bond motifs is 1. The summed E-state index contributed by atoms with van der Waals surface area (Å²) < 4.78 is 1.78. The van der Waals surface area contributed by atoms with Gasteiger partial charge in [-0.15, -0.1) is 0 Å². The summed E-state index contributed by atoms with van der Waals surface area (Å²) in [4.78, 5) is 12.1. The van der Waals surface area contributed by atoms with E-state index in [1.54, 1.807) is 4.68 Å². The van der Waals surface area contributed by atoms with Gasteiger partial charge in [0.2, 0.25) is 0 Å². The van der Waals surface area contributed by atoms with Crippen LogP contribution in [-0.2, 0) is 19.4 Å². The van der Waals surface area contributed by atoms with Gasteiger partial charge in [-0.05, 0) is 49.8 Å². The monoisotopic (exact) mass is 339 g/mol. The number of carbonyl (C=O) groups excluding carboxylic acids is 1. The van der Waals surface area contributed by atoms with Crippen molar-refractivity contribution in [3.8, 4) is 0 Å². The number of hydrogen-bond donors (Lipinski definition) is 3. The summed E-state index contributed by atoms with van der Waals surface area (Å²) in [6, 6.07) is 8.85. The van der Waals surface area contributed by atoms with Crippen molar-refractivity contribution in [3.63, 3.8) is 0 Å². The molecule has 1 aliphatic carbocycles. The number of amides is 1. The molecular weight excluding hydrogens is 314 g/mol. The van der Waals surface area contributed by atoms with Gasteiger partial charge in [0.15, 0.2) is 0 Å². The highest BCUT2D eigenvalue weighted by atomic mass is 16.1. The number of nitrogens with one attached hydrogen (secondary N) is 1. The second-order valence-corrected chi connectivity index (χ2v) is 7.19. The number of rotatable bonds is 4. The third-order valence-corrected chi connectivity index (χ3v) is 5.55. The standard InChI is InChI=1S/C19H25N5O/c20-18-16(19(21)25)17(23-24(18)11-15-6-3-9-22-15)14-8-7-12-4-1-2-5-13(12)10-14/h1-2,4-5,14-15,22H,3,6-11,20H2,(H2,21,25). The van der Waals surface area contributed by atoms with Gasteiger partial charge in [-0.25, -0.2) is 4.68 Å². The number of carbonyl (C=O) groups is 1. The average Bonchev–Trinajstić information content (AvgIpc) is 3.23. The molecule has 2 heterocycles. The van der Waals surface area contributed by atoms with Gasteiger partial charge in [0.25, 0.3) is 5.91 Å². The fourth-order valence-electron chi connectivity index (χ4n) is 4.22. The van der Waals surface area contributed by atoms with Crippen molar-refractivity contribution in [1.29, 1.82) is 0 Å². The van der Waals surface area contributed by atoms with Crippen LogP contribution in [0, 0.1) is 0 Å². The number of nitrogen functional groups attached to an aromatic ring is 1. The van der Waals surface area contributed by atoms with E-state index >= 15 is 0 Å². The van der Waals surface area contributed by atoms with Crippen molar-refractivity contribution in [1.82, 2.24) is 15.1 Å². The number of benzene rings is 1. The van der Waals surface area contributed by atoms with Crippen molar-refractivity contribution < 1.29 is 4.79 Å². The van der Waals surface area contributed by atoms with Crippen LogP contribution >= 0.6 is 0 Å². The van der Waals surface area contributed by atoms with Crippen LogP contribution in [0.4, 0.5) is 5.82 Å². The Labute approximate surface area is 147 Å². The smallest absolute Gasteiger partial charge is 0.254 e. The lowest BCUT2D eigenvalue weighted by Crippen LogP contribution is -2.28. The van der Waals surface area contributed by atoms with Crippen LogP contribution in [0.5, 0.6) is 0 Å². The molecule has 1 aliphatic heterocycles. The number of aryl methyl sites for hydroxylation is 1. The molecule has 6 nitrogen and oxygen atoms in total. The van der Waals surface area contributed by atoms with Gasteiger partial charge < -0.3 is 16.8 Å². The van der Waals surface area contributed by atoms with E-state index in [9.17, 15) is 4.79 Å². The van der Waals surface area contributed by atoms with E-state index in [1.165, 1.54) is 17.5 Å². The zero-order valence-electron chi connectivity index (χ0n) is 14.4. The summed E-state index contributed by atoms with van der Waals surface area (Å²) in [6.07, 6.45) is 5.12. The number of primary amides is 1. The lowest BCUT2D eigenvalue weighted by Gasteiger charge is -2.23. The molecule has 2 unspecified atom stereocenters. The Morgan fingerprint density at radius 2 is 2.08 bits per heavy atom. The molecule has 0 radical (unpaired) electrons. The number of aromatic nitrogens is 2. The van der Waals surface area contributed by atoms with Gasteiger partial charge in [-0.2, -0.15) is 5.10 Å². The van der Waals surface area contributed by atoms with Gasteiger partial charge in [0.1, 0.15) is 11.4 Å². The Morgan fingerprint density at radius 3 is 2.80 bits per heavy atom. The fraction of sp³-hybridized carbons (Fsp3) is 0.474. The largest absolute Gasteiger partial charge is 0.383 e. The highest BCUT2D eigenvalue weighted by molar-refractivity contribution is 5.98. The van der Waals surface area contributed by atoms with Crippen molar-refractivity contribution >= 4 is 11.7 Å². The number of nitrogens with zero attached hydrogens (tertiary/aromatic N) is 2. The minimum absolute atomic E-state index is 0.192. The molecule has 1 fully saturated rings. The first-order chi connectivity index (χ1) is 12.1. The number of nitrogens with two attached hydrogens (primary N) is 2. The first kappa shape index (κ1) is 16.1. The molecule has 1 aromatic heterocycles. The molecule has 4 rings (SSSR count). The van der Waals surface area contributed by atoms with Gasteiger partial charge >= 0.3 is 0 Å². The first-order valence-electron chi connectivity index (χ1n) is 9.09. The van der Waals surface area contributed by atoms with E-state index in [0.717, 1.165) is 37.9 Å². The normalized spacial score (nSPS) is 22.7. The molecule has 0 spiro atoms. The van der Waals surface area contributed by atoms with E-state index in [-0.39, 0.29) is 5.92 Å². The summed E-state index contributed by atoms with van der Waals surface area (Å²) in [7, 11) is 0. The maximum absolute atomic E-state index is 12.1. The van der Waals surface area contributed by atoms with Crippen LogP contribution in [0.15, 0.2) is 24.3 Å². The molecule has 5 N–H and O–H groups in total. The molecule has 2 aromatic rings. The molecule has 0 saturated carbocycles. The van der Waals surface area contributed by atoms with Crippen LogP contribution in [0.2, 0.25) is 0 Å². The summed E-state index contributed by atoms with van der Waals surface area (Å²) in [5.74, 6) is 0.129. The van der Waals surface area contributed by atoms with E-state index < -0.39 is 5.91 Å². The molecule has 1 saturated heterocycles. The second-order valence-electron chi connectivity index (χ2n) is 7.19. The Morgan fingerprint density at radius 1 is 1.28 bits per heavy atom. The predicted molar refractivity (Wildman–Crippen MR) is 97.4 cm³/mol. The Hall–Kier alpha value is -2.34. The zero-order valence-corrected chi connectivity index (χ0v) is 14.4. The molecular formula is C19H25N5O. The van der Waals surface area contributed by atoms with Crippen molar-refractivity contribution in [2.75, 3.05) is 12.3 Å². The molecule has 1 amide bonds. The lowest BCUT2D eigenvalue weighted by molar-refractivity contribution is 0.0999. The number of anilines is 1. The summed E-state index contributed by atoms with van der Waals surface area (Å²) >= 11 is 0. The Bertz CT molecular complexity index is 791. The predicted octanol–water partition coefficient (Wildman–Crippen LogP) is 1.59. The highest BCUT2D eigenvalue weighted by Gasteiger charge is 2.30. The highest BCUT2D eigenvalue weighted by Crippen LogP contribution is 2.35. The SMILES string of the molecule is NC(=O)c1c(C2CCc3ccccc3C2)nn(CC2CCCN2)c1N. The molecule has 2 aliphatic rings. The van der Waals surface area contributed by atoms with Crippen molar-refractivity contribution in [3.05, 3.63) is 46.6 Å². The molecule has 6 heteroatoms. The molecule has 0 bridgehead atoms. The third-order valence-electron chi connectivity index (χ3n) is 5.55. The first-order valence-corrected chi connectivity index (χ1v) is 9.09. The van der Waals surface area contributed by atoms with Crippen molar-refractivity contribution in [2.45, 2.75) is 50.6 Å². The molecule has 1 aromatic carbocycles. The average molecular weight is 339 g/mol. The molecule has 132 valence electrons. The Kier molecular flexibility index (Phi) is 4.21. The third kappa shape index (κ3) is 3.02. The second kappa shape index (κ2) is 6.52. The van der Waals surface area contributed by atoms with Gasteiger partial charge in [-0.1, -0.05) is 24.3 Å². The van der Waals surface area contributed by atoms with Gasteiger partial charge in [0, 0.05) is 12.0 Å². The van der Waals surface area contributed by atoms with Crippen LogP contribution < -0.4 is 16.8 Å².